The molecule has 2 aromatic rings. The number of hydrogen-bond donors (Lipinski definition) is 2. The van der Waals surface area contributed by atoms with Crippen molar-refractivity contribution in [3.05, 3.63) is 22.7 Å². The summed E-state index contributed by atoms with van der Waals surface area (Å²) in [6.07, 6.45) is 0. The van der Waals surface area contributed by atoms with Crippen molar-refractivity contribution < 1.29 is 0 Å². The van der Waals surface area contributed by atoms with E-state index in [-0.39, 0.29) is 0 Å². The monoisotopic (exact) mass is 281 g/mol. The smallest absolute Gasteiger partial charge is 0.224 e. The van der Waals surface area contributed by atoms with E-state index in [1.807, 2.05) is 29.8 Å². The average Bonchev–Trinajstić information content (AvgIpc) is 2.63. The van der Waals surface area contributed by atoms with Gasteiger partial charge in [-0.15, -0.1) is 10.2 Å². The van der Waals surface area contributed by atoms with Crippen LogP contribution >= 0.6 is 15.9 Å². The van der Waals surface area contributed by atoms with Crippen molar-refractivity contribution in [2.24, 2.45) is 7.05 Å². The third-order valence-corrected chi connectivity index (χ3v) is 2.85. The van der Waals surface area contributed by atoms with E-state index in [4.69, 9.17) is 5.73 Å². The molecule has 0 fully saturated rings. The maximum absolute atomic E-state index is 5.92. The van der Waals surface area contributed by atoms with E-state index >= 15 is 0 Å². The van der Waals surface area contributed by atoms with Gasteiger partial charge in [-0.1, -0.05) is 15.9 Å². The zero-order chi connectivity index (χ0) is 11.7. The summed E-state index contributed by atoms with van der Waals surface area (Å²) in [6, 6.07) is 5.67. The minimum atomic E-state index is 0.682. The highest BCUT2D eigenvalue weighted by Gasteiger charge is 2.12. The molecule has 3 N–H and O–H groups in total. The molecular weight excluding hydrogens is 270 g/mol. The van der Waals surface area contributed by atoms with Gasteiger partial charge in [0.2, 0.25) is 5.95 Å². The SMILES string of the molecule is CNc1nnc(-c2cc(Br)ccc2N)n1C. The Labute approximate surface area is 102 Å². The largest absolute Gasteiger partial charge is 0.398 e. The van der Waals surface area contributed by atoms with Crippen molar-refractivity contribution in [3.8, 4) is 11.4 Å². The van der Waals surface area contributed by atoms with Crippen LogP contribution in [0.5, 0.6) is 0 Å². The summed E-state index contributed by atoms with van der Waals surface area (Å²) in [5.41, 5.74) is 7.47. The molecule has 1 aromatic heterocycles. The standard InChI is InChI=1S/C10H12BrN5/c1-13-10-15-14-9(16(10)2)7-5-6(11)3-4-8(7)12/h3-5H,12H2,1-2H3,(H,13,15). The summed E-state index contributed by atoms with van der Waals surface area (Å²) < 4.78 is 2.82. The maximum atomic E-state index is 5.92. The molecule has 6 heteroatoms. The number of anilines is 2. The van der Waals surface area contributed by atoms with Crippen LogP contribution in [0, 0.1) is 0 Å². The molecule has 0 saturated carbocycles. The van der Waals surface area contributed by atoms with Gasteiger partial charge in [0.05, 0.1) is 0 Å². The van der Waals surface area contributed by atoms with Crippen LogP contribution in [0.1, 0.15) is 0 Å². The predicted molar refractivity (Wildman–Crippen MR) is 68.1 cm³/mol. The van der Waals surface area contributed by atoms with Crippen molar-refractivity contribution in [3.63, 3.8) is 0 Å². The molecule has 0 saturated heterocycles. The average molecular weight is 282 g/mol. The molecule has 5 nitrogen and oxygen atoms in total. The number of nitrogen functional groups attached to an aromatic ring is 1. The summed E-state index contributed by atoms with van der Waals surface area (Å²) >= 11 is 3.41. The molecule has 1 aromatic carbocycles. The molecule has 0 bridgehead atoms. The van der Waals surface area contributed by atoms with Gasteiger partial charge >= 0.3 is 0 Å². The van der Waals surface area contributed by atoms with Crippen molar-refractivity contribution in [2.45, 2.75) is 0 Å². The molecule has 0 spiro atoms. The Hall–Kier alpha value is -1.56. The Morgan fingerprint density at radius 2 is 2.12 bits per heavy atom. The summed E-state index contributed by atoms with van der Waals surface area (Å²) in [5.74, 6) is 1.44. The second kappa shape index (κ2) is 4.13. The fourth-order valence-corrected chi connectivity index (χ4v) is 1.86. The number of nitrogens with two attached hydrogens (primary N) is 1. The second-order valence-corrected chi connectivity index (χ2v) is 4.30. The first-order chi connectivity index (χ1) is 7.63. The van der Waals surface area contributed by atoms with Crippen molar-refractivity contribution in [1.82, 2.24) is 14.8 Å². The number of nitrogens with zero attached hydrogens (tertiary/aromatic N) is 3. The fraction of sp³-hybridized carbons (Fsp3) is 0.200. The van der Waals surface area contributed by atoms with E-state index in [2.05, 4.69) is 31.4 Å². The number of rotatable bonds is 2. The summed E-state index contributed by atoms with van der Waals surface area (Å²) in [4.78, 5) is 0. The van der Waals surface area contributed by atoms with Crippen LogP contribution < -0.4 is 11.1 Å². The van der Waals surface area contributed by atoms with Gasteiger partial charge in [-0.05, 0) is 18.2 Å². The Morgan fingerprint density at radius 3 is 2.75 bits per heavy atom. The number of halogens is 1. The summed E-state index contributed by atoms with van der Waals surface area (Å²) in [5, 5.41) is 11.1. The number of benzene rings is 1. The van der Waals surface area contributed by atoms with Gasteiger partial charge in [-0.2, -0.15) is 0 Å². The van der Waals surface area contributed by atoms with E-state index in [0.29, 0.717) is 11.6 Å². The van der Waals surface area contributed by atoms with Crippen LogP contribution in [0.25, 0.3) is 11.4 Å². The van der Waals surface area contributed by atoms with E-state index in [1.54, 1.807) is 7.05 Å². The first-order valence-electron chi connectivity index (χ1n) is 4.76. The van der Waals surface area contributed by atoms with Crippen LogP contribution in [-0.2, 0) is 7.05 Å². The lowest BCUT2D eigenvalue weighted by atomic mass is 10.2. The van der Waals surface area contributed by atoms with Gasteiger partial charge in [0.1, 0.15) is 0 Å². The maximum Gasteiger partial charge on any atom is 0.224 e. The molecule has 0 amide bonds. The van der Waals surface area contributed by atoms with Crippen molar-refractivity contribution in [1.29, 1.82) is 0 Å². The first kappa shape index (κ1) is 10.9. The van der Waals surface area contributed by atoms with Crippen LogP contribution in [0.15, 0.2) is 22.7 Å². The molecular formula is C10H12BrN5. The zero-order valence-corrected chi connectivity index (χ0v) is 10.6. The topological polar surface area (TPSA) is 68.8 Å². The lowest BCUT2D eigenvalue weighted by Crippen LogP contribution is -2.01. The minimum Gasteiger partial charge on any atom is -0.398 e. The molecule has 1 heterocycles. The first-order valence-corrected chi connectivity index (χ1v) is 5.55. The molecule has 84 valence electrons. The van der Waals surface area contributed by atoms with Crippen LogP contribution in [0.2, 0.25) is 0 Å². The highest BCUT2D eigenvalue weighted by molar-refractivity contribution is 9.10. The van der Waals surface area contributed by atoms with Gasteiger partial charge in [-0.3, -0.25) is 4.57 Å². The normalized spacial score (nSPS) is 10.4. The molecule has 16 heavy (non-hydrogen) atoms. The van der Waals surface area contributed by atoms with E-state index < -0.39 is 0 Å². The molecule has 0 aliphatic carbocycles. The molecule has 0 aliphatic heterocycles. The fourth-order valence-electron chi connectivity index (χ4n) is 1.50. The van der Waals surface area contributed by atoms with Gasteiger partial charge in [0, 0.05) is 29.8 Å². The third kappa shape index (κ3) is 1.76. The highest BCUT2D eigenvalue weighted by atomic mass is 79.9. The van der Waals surface area contributed by atoms with Crippen molar-refractivity contribution in [2.75, 3.05) is 18.1 Å². The highest BCUT2D eigenvalue weighted by Crippen LogP contribution is 2.28. The Kier molecular flexibility index (Phi) is 2.82. The minimum absolute atomic E-state index is 0.682. The van der Waals surface area contributed by atoms with Gasteiger partial charge < -0.3 is 11.1 Å². The molecule has 0 aliphatic rings. The Morgan fingerprint density at radius 1 is 1.38 bits per heavy atom. The predicted octanol–water partition coefficient (Wildman–Crippen LogP) is 1.87. The number of aromatic nitrogens is 3. The van der Waals surface area contributed by atoms with E-state index in [9.17, 15) is 0 Å². The number of hydrogen-bond acceptors (Lipinski definition) is 4. The Balaban J connectivity index is 2.58. The molecule has 2 rings (SSSR count). The van der Waals surface area contributed by atoms with E-state index in [0.717, 1.165) is 15.9 Å². The number of nitrogens with one attached hydrogen (secondary N) is 1. The van der Waals surface area contributed by atoms with Gasteiger partial charge in [-0.25, -0.2) is 0 Å². The zero-order valence-electron chi connectivity index (χ0n) is 9.03. The third-order valence-electron chi connectivity index (χ3n) is 2.35. The van der Waals surface area contributed by atoms with Gasteiger partial charge in [0.25, 0.3) is 0 Å². The second-order valence-electron chi connectivity index (χ2n) is 3.39. The van der Waals surface area contributed by atoms with Crippen LogP contribution in [-0.4, -0.2) is 21.8 Å². The summed E-state index contributed by atoms with van der Waals surface area (Å²) in [7, 11) is 3.69. The molecule has 0 atom stereocenters. The quantitative estimate of drug-likeness (QED) is 0.825. The van der Waals surface area contributed by atoms with E-state index in [1.165, 1.54) is 0 Å². The molecule has 0 radical (unpaired) electrons. The molecule has 0 unspecified atom stereocenters. The summed E-state index contributed by atoms with van der Waals surface area (Å²) in [6.45, 7) is 0. The van der Waals surface area contributed by atoms with Gasteiger partial charge in [0.15, 0.2) is 5.82 Å². The lowest BCUT2D eigenvalue weighted by Gasteiger charge is -2.06. The lowest BCUT2D eigenvalue weighted by molar-refractivity contribution is 0.925. The van der Waals surface area contributed by atoms with Crippen LogP contribution in [0.4, 0.5) is 11.6 Å². The van der Waals surface area contributed by atoms with Crippen LogP contribution in [0.3, 0.4) is 0 Å². The van der Waals surface area contributed by atoms with Crippen molar-refractivity contribution >= 4 is 27.6 Å². The Bertz CT molecular complexity index is 520.